The van der Waals surface area contributed by atoms with Crippen LogP contribution in [0.2, 0.25) is 0 Å². The first-order valence-corrected chi connectivity index (χ1v) is 9.12. The van der Waals surface area contributed by atoms with Crippen molar-refractivity contribution < 1.29 is 9.21 Å². The zero-order chi connectivity index (χ0) is 18.1. The molecule has 3 aromatic heterocycles. The number of furan rings is 1. The molecule has 0 radical (unpaired) electrons. The molecule has 0 aromatic carbocycles. The van der Waals surface area contributed by atoms with Gasteiger partial charge in [-0.05, 0) is 44.9 Å². The van der Waals surface area contributed by atoms with Gasteiger partial charge < -0.3 is 9.32 Å². The highest BCUT2D eigenvalue weighted by Gasteiger charge is 2.28. The molecule has 1 aliphatic rings. The van der Waals surface area contributed by atoms with Crippen molar-refractivity contribution in [3.63, 3.8) is 0 Å². The predicted molar refractivity (Wildman–Crippen MR) is 95.5 cm³/mol. The standard InChI is InChI=1S/C19H23N5O2/c1-13-10-14(2)24-19(20-13)21-17(22-24)11-18(25)23(15-6-3-4-7-15)12-16-8-5-9-26-16/h5,8-10,15H,3-4,6-7,11-12H2,1-2H3. The van der Waals surface area contributed by atoms with Gasteiger partial charge in [0.15, 0.2) is 5.82 Å². The van der Waals surface area contributed by atoms with Crippen molar-refractivity contribution in [1.82, 2.24) is 24.5 Å². The van der Waals surface area contributed by atoms with Crippen molar-refractivity contribution in [2.24, 2.45) is 0 Å². The van der Waals surface area contributed by atoms with Gasteiger partial charge in [0.05, 0.1) is 19.2 Å². The number of hydrogen-bond acceptors (Lipinski definition) is 5. The number of aromatic nitrogens is 4. The Bertz CT molecular complexity index is 910. The molecule has 1 amide bonds. The Hall–Kier alpha value is -2.70. The lowest BCUT2D eigenvalue weighted by Crippen LogP contribution is -2.39. The number of carbonyl (C=O) groups is 1. The molecule has 3 aromatic rings. The lowest BCUT2D eigenvalue weighted by atomic mass is 10.2. The molecule has 0 saturated heterocycles. The highest BCUT2D eigenvalue weighted by Crippen LogP contribution is 2.25. The molecule has 1 saturated carbocycles. The van der Waals surface area contributed by atoms with Crippen LogP contribution in [0.5, 0.6) is 0 Å². The van der Waals surface area contributed by atoms with Gasteiger partial charge in [0.1, 0.15) is 5.76 Å². The SMILES string of the molecule is Cc1cc(C)n2nc(CC(=O)N(Cc3ccco3)C3CCCC3)nc2n1. The molecule has 0 atom stereocenters. The summed E-state index contributed by atoms with van der Waals surface area (Å²) in [5, 5.41) is 4.47. The largest absolute Gasteiger partial charge is 0.467 e. The van der Waals surface area contributed by atoms with E-state index in [4.69, 9.17) is 4.42 Å². The van der Waals surface area contributed by atoms with Gasteiger partial charge in [-0.2, -0.15) is 4.98 Å². The van der Waals surface area contributed by atoms with Crippen LogP contribution in [-0.4, -0.2) is 36.4 Å². The average Bonchev–Trinajstić information content (AvgIpc) is 3.34. The van der Waals surface area contributed by atoms with Gasteiger partial charge in [-0.15, -0.1) is 5.10 Å². The topological polar surface area (TPSA) is 76.5 Å². The molecule has 4 rings (SSSR count). The number of aryl methyl sites for hydroxylation is 2. The van der Waals surface area contributed by atoms with Crippen molar-refractivity contribution in [2.45, 2.75) is 58.5 Å². The van der Waals surface area contributed by atoms with Gasteiger partial charge in [-0.3, -0.25) is 4.79 Å². The van der Waals surface area contributed by atoms with Crippen molar-refractivity contribution in [3.8, 4) is 0 Å². The Morgan fingerprint density at radius 3 is 2.85 bits per heavy atom. The normalized spacial score (nSPS) is 15.0. The van der Waals surface area contributed by atoms with Gasteiger partial charge in [-0.25, -0.2) is 9.50 Å². The molecular weight excluding hydrogens is 330 g/mol. The van der Waals surface area contributed by atoms with Gasteiger partial charge in [0.2, 0.25) is 5.91 Å². The van der Waals surface area contributed by atoms with E-state index in [-0.39, 0.29) is 18.4 Å². The van der Waals surface area contributed by atoms with E-state index in [1.54, 1.807) is 10.8 Å². The maximum absolute atomic E-state index is 13.0. The molecule has 26 heavy (non-hydrogen) atoms. The fourth-order valence-electron chi connectivity index (χ4n) is 3.73. The molecule has 0 aliphatic heterocycles. The Labute approximate surface area is 152 Å². The molecule has 7 heteroatoms. The summed E-state index contributed by atoms with van der Waals surface area (Å²) in [6, 6.07) is 5.99. The van der Waals surface area contributed by atoms with E-state index in [0.717, 1.165) is 30.0 Å². The Morgan fingerprint density at radius 2 is 2.12 bits per heavy atom. The van der Waals surface area contributed by atoms with E-state index >= 15 is 0 Å². The molecule has 0 N–H and O–H groups in total. The monoisotopic (exact) mass is 353 g/mol. The maximum Gasteiger partial charge on any atom is 0.252 e. The first-order chi connectivity index (χ1) is 12.6. The van der Waals surface area contributed by atoms with Gasteiger partial charge in [0.25, 0.3) is 5.78 Å². The van der Waals surface area contributed by atoms with Crippen LogP contribution in [0.3, 0.4) is 0 Å². The van der Waals surface area contributed by atoms with Crippen LogP contribution >= 0.6 is 0 Å². The Balaban J connectivity index is 1.56. The maximum atomic E-state index is 13.0. The summed E-state index contributed by atoms with van der Waals surface area (Å²) in [5.41, 5.74) is 1.85. The second-order valence-corrected chi connectivity index (χ2v) is 6.99. The predicted octanol–water partition coefficient (Wildman–Crippen LogP) is 2.85. The van der Waals surface area contributed by atoms with Crippen LogP contribution in [0.25, 0.3) is 5.78 Å². The number of nitrogens with zero attached hydrogens (tertiary/aromatic N) is 5. The fraction of sp³-hybridized carbons (Fsp3) is 0.474. The third-order valence-corrected chi connectivity index (χ3v) is 4.96. The average molecular weight is 353 g/mol. The van der Waals surface area contributed by atoms with Gasteiger partial charge >= 0.3 is 0 Å². The van der Waals surface area contributed by atoms with E-state index in [1.807, 2.05) is 36.9 Å². The first kappa shape index (κ1) is 16.8. The molecule has 0 unspecified atom stereocenters. The number of fused-ring (bicyclic) bond motifs is 1. The lowest BCUT2D eigenvalue weighted by Gasteiger charge is -2.28. The van der Waals surface area contributed by atoms with E-state index in [2.05, 4.69) is 15.1 Å². The summed E-state index contributed by atoms with van der Waals surface area (Å²) in [5.74, 6) is 1.90. The summed E-state index contributed by atoms with van der Waals surface area (Å²) in [4.78, 5) is 23.8. The van der Waals surface area contributed by atoms with E-state index < -0.39 is 0 Å². The summed E-state index contributed by atoms with van der Waals surface area (Å²) in [6.45, 7) is 4.39. The number of amides is 1. The van der Waals surface area contributed by atoms with Crippen molar-refractivity contribution in [1.29, 1.82) is 0 Å². The summed E-state index contributed by atoms with van der Waals surface area (Å²) in [6.07, 6.45) is 6.26. The molecular formula is C19H23N5O2. The Kier molecular flexibility index (Phi) is 4.44. The van der Waals surface area contributed by atoms with Crippen LogP contribution in [0.1, 0.15) is 48.7 Å². The van der Waals surface area contributed by atoms with Crippen LogP contribution in [0.4, 0.5) is 0 Å². The minimum absolute atomic E-state index is 0.0404. The Morgan fingerprint density at radius 1 is 1.31 bits per heavy atom. The number of rotatable bonds is 5. The van der Waals surface area contributed by atoms with Crippen molar-refractivity contribution in [2.75, 3.05) is 0 Å². The lowest BCUT2D eigenvalue weighted by molar-refractivity contribution is -0.133. The van der Waals surface area contributed by atoms with E-state index in [1.165, 1.54) is 12.8 Å². The number of carbonyl (C=O) groups excluding carboxylic acids is 1. The van der Waals surface area contributed by atoms with Gasteiger partial charge in [0, 0.05) is 17.4 Å². The third kappa shape index (κ3) is 3.34. The minimum Gasteiger partial charge on any atom is -0.467 e. The van der Waals surface area contributed by atoms with Crippen molar-refractivity contribution >= 4 is 11.7 Å². The quantitative estimate of drug-likeness (QED) is 0.705. The second kappa shape index (κ2) is 6.90. The van der Waals surface area contributed by atoms with E-state index in [0.29, 0.717) is 18.1 Å². The molecule has 7 nitrogen and oxygen atoms in total. The van der Waals surface area contributed by atoms with Gasteiger partial charge in [-0.1, -0.05) is 12.8 Å². The molecule has 3 heterocycles. The summed E-state index contributed by atoms with van der Waals surface area (Å²) >= 11 is 0. The molecule has 0 bridgehead atoms. The fourth-order valence-corrected chi connectivity index (χ4v) is 3.73. The van der Waals surface area contributed by atoms with Crippen LogP contribution in [-0.2, 0) is 17.8 Å². The molecule has 0 spiro atoms. The van der Waals surface area contributed by atoms with Crippen LogP contribution in [0, 0.1) is 13.8 Å². The number of hydrogen-bond donors (Lipinski definition) is 0. The molecule has 1 fully saturated rings. The third-order valence-electron chi connectivity index (χ3n) is 4.96. The summed E-state index contributed by atoms with van der Waals surface area (Å²) < 4.78 is 7.16. The zero-order valence-electron chi connectivity index (χ0n) is 15.2. The summed E-state index contributed by atoms with van der Waals surface area (Å²) in [7, 11) is 0. The molecule has 1 aliphatic carbocycles. The zero-order valence-corrected chi connectivity index (χ0v) is 15.2. The highest BCUT2D eigenvalue weighted by molar-refractivity contribution is 5.78. The first-order valence-electron chi connectivity index (χ1n) is 9.12. The minimum atomic E-state index is 0.0404. The van der Waals surface area contributed by atoms with Crippen molar-refractivity contribution in [3.05, 3.63) is 47.4 Å². The second-order valence-electron chi connectivity index (χ2n) is 6.99. The smallest absolute Gasteiger partial charge is 0.252 e. The van der Waals surface area contributed by atoms with Crippen LogP contribution in [0.15, 0.2) is 28.9 Å². The van der Waals surface area contributed by atoms with E-state index in [9.17, 15) is 4.79 Å². The highest BCUT2D eigenvalue weighted by atomic mass is 16.3. The molecule has 136 valence electrons. The van der Waals surface area contributed by atoms with Crippen LogP contribution < -0.4 is 0 Å².